The summed E-state index contributed by atoms with van der Waals surface area (Å²) in [6.45, 7) is 3.54. The van der Waals surface area contributed by atoms with Crippen LogP contribution in [-0.2, 0) is 0 Å². The molecule has 21 heavy (non-hydrogen) atoms. The zero-order chi connectivity index (χ0) is 14.7. The Morgan fingerprint density at radius 3 is 2.62 bits per heavy atom. The zero-order valence-electron chi connectivity index (χ0n) is 12.7. The molecule has 3 N–H and O–H groups in total. The first kappa shape index (κ1) is 14.1. The van der Waals surface area contributed by atoms with Gasteiger partial charge in [0.15, 0.2) is 0 Å². The maximum absolute atomic E-state index is 5.62. The lowest BCUT2D eigenvalue weighted by molar-refractivity contribution is 0.656. The minimum Gasteiger partial charge on any atom is -0.381 e. The fourth-order valence-corrected chi connectivity index (χ4v) is 3.18. The second-order valence-electron chi connectivity index (χ2n) is 5.89. The molecule has 0 atom stereocenters. The van der Waals surface area contributed by atoms with Crippen LogP contribution in [0, 0.1) is 6.92 Å². The van der Waals surface area contributed by atoms with Crippen LogP contribution in [0.15, 0.2) is 30.5 Å². The minimum absolute atomic E-state index is 0.606. The van der Waals surface area contributed by atoms with Gasteiger partial charge in [-0.05, 0) is 31.9 Å². The third kappa shape index (κ3) is 2.95. The maximum atomic E-state index is 5.62. The second-order valence-corrected chi connectivity index (χ2v) is 5.89. The van der Waals surface area contributed by atoms with Gasteiger partial charge in [0.25, 0.3) is 0 Å². The number of nitrogens with one attached hydrogen (secondary N) is 1. The van der Waals surface area contributed by atoms with Crippen LogP contribution in [0.1, 0.15) is 42.9 Å². The van der Waals surface area contributed by atoms with E-state index in [2.05, 4.69) is 46.3 Å². The lowest BCUT2D eigenvalue weighted by Crippen LogP contribution is -2.15. The largest absolute Gasteiger partial charge is 0.381 e. The van der Waals surface area contributed by atoms with E-state index in [1.165, 1.54) is 36.9 Å². The third-order valence-corrected chi connectivity index (χ3v) is 4.29. The maximum Gasteiger partial charge on any atom is 0.0767 e. The molecule has 0 spiro atoms. The number of hydrogen-bond acceptors (Lipinski definition) is 3. The Bertz CT molecular complexity index is 579. The van der Waals surface area contributed by atoms with E-state index in [0.29, 0.717) is 12.5 Å². The van der Waals surface area contributed by atoms with Crippen LogP contribution in [-0.4, -0.2) is 22.9 Å². The summed E-state index contributed by atoms with van der Waals surface area (Å²) in [6.07, 6.45) is 7.10. The van der Waals surface area contributed by atoms with E-state index >= 15 is 0 Å². The third-order valence-electron chi connectivity index (χ3n) is 4.29. The number of benzene rings is 1. The van der Waals surface area contributed by atoms with Crippen molar-refractivity contribution in [2.75, 3.05) is 18.4 Å². The molecular weight excluding hydrogens is 260 g/mol. The van der Waals surface area contributed by atoms with E-state index in [1.807, 2.05) is 6.20 Å². The monoisotopic (exact) mass is 284 g/mol. The fourth-order valence-electron chi connectivity index (χ4n) is 3.18. The Labute approximate surface area is 126 Å². The van der Waals surface area contributed by atoms with Gasteiger partial charge in [0, 0.05) is 19.0 Å². The molecule has 0 unspecified atom stereocenters. The van der Waals surface area contributed by atoms with E-state index in [-0.39, 0.29) is 0 Å². The van der Waals surface area contributed by atoms with Gasteiger partial charge in [0.1, 0.15) is 0 Å². The molecule has 0 amide bonds. The first-order valence-electron chi connectivity index (χ1n) is 7.88. The molecule has 1 aliphatic rings. The molecule has 1 heterocycles. The van der Waals surface area contributed by atoms with Crippen molar-refractivity contribution in [2.45, 2.75) is 38.5 Å². The number of aryl methyl sites for hydroxylation is 1. The highest BCUT2D eigenvalue weighted by molar-refractivity contribution is 5.52. The van der Waals surface area contributed by atoms with E-state index < -0.39 is 0 Å². The molecule has 3 rings (SSSR count). The summed E-state index contributed by atoms with van der Waals surface area (Å²) >= 11 is 0. The van der Waals surface area contributed by atoms with Gasteiger partial charge in [-0.3, -0.25) is 0 Å². The topological polar surface area (TPSA) is 55.9 Å². The SMILES string of the molecule is Cc1ccc(-n2ncc(NCCN)c2C2CCCC2)cc1. The summed E-state index contributed by atoms with van der Waals surface area (Å²) in [4.78, 5) is 0. The molecule has 1 saturated carbocycles. The highest BCUT2D eigenvalue weighted by Gasteiger charge is 2.25. The number of nitrogens with two attached hydrogens (primary N) is 1. The molecule has 0 bridgehead atoms. The van der Waals surface area contributed by atoms with Gasteiger partial charge in [0.2, 0.25) is 0 Å². The summed E-state index contributed by atoms with van der Waals surface area (Å²) < 4.78 is 2.11. The van der Waals surface area contributed by atoms with Gasteiger partial charge < -0.3 is 11.1 Å². The summed E-state index contributed by atoms with van der Waals surface area (Å²) in [7, 11) is 0. The smallest absolute Gasteiger partial charge is 0.0767 e. The van der Waals surface area contributed by atoms with Crippen molar-refractivity contribution in [2.24, 2.45) is 5.73 Å². The molecule has 2 aromatic rings. The van der Waals surface area contributed by atoms with Crippen molar-refractivity contribution in [3.63, 3.8) is 0 Å². The van der Waals surface area contributed by atoms with Gasteiger partial charge in [-0.1, -0.05) is 30.5 Å². The van der Waals surface area contributed by atoms with Crippen molar-refractivity contribution in [1.29, 1.82) is 0 Å². The predicted octanol–water partition coefficient (Wildman–Crippen LogP) is 3.21. The number of anilines is 1. The van der Waals surface area contributed by atoms with Crippen LogP contribution >= 0.6 is 0 Å². The van der Waals surface area contributed by atoms with E-state index in [1.54, 1.807) is 0 Å². The van der Waals surface area contributed by atoms with Gasteiger partial charge in [-0.2, -0.15) is 5.10 Å². The van der Waals surface area contributed by atoms with E-state index in [4.69, 9.17) is 5.73 Å². The standard InChI is InChI=1S/C17H24N4/c1-13-6-8-15(9-7-13)21-17(14-4-2-3-5-14)16(12-20-21)19-11-10-18/h6-9,12,14,19H,2-5,10-11,18H2,1H3. The first-order chi connectivity index (χ1) is 10.3. The molecule has 4 nitrogen and oxygen atoms in total. The van der Waals surface area contributed by atoms with Crippen LogP contribution in [0.25, 0.3) is 5.69 Å². The van der Waals surface area contributed by atoms with Gasteiger partial charge in [-0.25, -0.2) is 4.68 Å². The summed E-state index contributed by atoms with van der Waals surface area (Å²) in [5.41, 5.74) is 10.5. The highest BCUT2D eigenvalue weighted by atomic mass is 15.3. The van der Waals surface area contributed by atoms with Gasteiger partial charge in [0.05, 0.1) is 23.3 Å². The molecule has 112 valence electrons. The predicted molar refractivity (Wildman–Crippen MR) is 87.1 cm³/mol. The second kappa shape index (κ2) is 6.31. The van der Waals surface area contributed by atoms with E-state index in [0.717, 1.165) is 17.9 Å². The van der Waals surface area contributed by atoms with Gasteiger partial charge in [-0.15, -0.1) is 0 Å². The molecule has 4 heteroatoms. The molecule has 1 aliphatic carbocycles. The lowest BCUT2D eigenvalue weighted by Gasteiger charge is -2.16. The lowest BCUT2D eigenvalue weighted by atomic mass is 10.0. The van der Waals surface area contributed by atoms with Crippen LogP contribution < -0.4 is 11.1 Å². The Hall–Kier alpha value is -1.81. The highest BCUT2D eigenvalue weighted by Crippen LogP contribution is 2.38. The Morgan fingerprint density at radius 1 is 1.24 bits per heavy atom. The molecule has 0 radical (unpaired) electrons. The van der Waals surface area contributed by atoms with Crippen LogP contribution in [0.3, 0.4) is 0 Å². The molecule has 1 aromatic carbocycles. The number of rotatable bonds is 5. The van der Waals surface area contributed by atoms with E-state index in [9.17, 15) is 0 Å². The summed E-state index contributed by atoms with van der Waals surface area (Å²) in [5, 5.41) is 8.06. The summed E-state index contributed by atoms with van der Waals surface area (Å²) in [5.74, 6) is 0.606. The van der Waals surface area contributed by atoms with Crippen molar-refractivity contribution in [1.82, 2.24) is 9.78 Å². The van der Waals surface area contributed by atoms with Gasteiger partial charge >= 0.3 is 0 Å². The number of hydrogen-bond donors (Lipinski definition) is 2. The molecular formula is C17H24N4. The molecule has 1 fully saturated rings. The molecule has 0 aliphatic heterocycles. The normalized spacial score (nSPS) is 15.5. The Morgan fingerprint density at radius 2 is 1.95 bits per heavy atom. The minimum atomic E-state index is 0.606. The van der Waals surface area contributed by atoms with Crippen molar-refractivity contribution >= 4 is 5.69 Å². The van der Waals surface area contributed by atoms with Crippen LogP contribution in [0.2, 0.25) is 0 Å². The van der Waals surface area contributed by atoms with Crippen molar-refractivity contribution in [3.8, 4) is 5.69 Å². The molecule has 0 saturated heterocycles. The fraction of sp³-hybridized carbons (Fsp3) is 0.471. The van der Waals surface area contributed by atoms with Crippen LogP contribution in [0.5, 0.6) is 0 Å². The van der Waals surface area contributed by atoms with Crippen LogP contribution in [0.4, 0.5) is 5.69 Å². The molecule has 1 aromatic heterocycles. The summed E-state index contributed by atoms with van der Waals surface area (Å²) in [6, 6.07) is 8.58. The number of nitrogens with zero attached hydrogens (tertiary/aromatic N) is 2. The average Bonchev–Trinajstić information content (AvgIpc) is 3.14. The van der Waals surface area contributed by atoms with Crippen molar-refractivity contribution in [3.05, 3.63) is 41.7 Å². The first-order valence-corrected chi connectivity index (χ1v) is 7.88. The Balaban J connectivity index is 1.98. The van der Waals surface area contributed by atoms with Crippen molar-refractivity contribution < 1.29 is 0 Å². The average molecular weight is 284 g/mol. The quantitative estimate of drug-likeness (QED) is 0.886. The number of aromatic nitrogens is 2. The Kier molecular flexibility index (Phi) is 4.25. The zero-order valence-corrected chi connectivity index (χ0v) is 12.7.